The number of hydrogen-bond donors (Lipinski definition) is 3. The molecule has 0 radical (unpaired) electrons. The molecule has 13 nitrogen and oxygen atoms in total. The second-order valence-electron chi connectivity index (χ2n) is 6.37. The van der Waals surface area contributed by atoms with Gasteiger partial charge >= 0.3 is 10.3 Å². The molecule has 1 aliphatic heterocycles. The molecule has 32 heavy (non-hydrogen) atoms. The summed E-state index contributed by atoms with van der Waals surface area (Å²) < 4.78 is 31.3. The standard InChI is InChI=1S/C11H12N6O6S2.C6H15N/c1-5-7(10(19)17(5)25(20,21)22)15-9(18)8(16-23-3-2-12)6-4-24-11(13)14-6;1-4-7(5-2)6-3/h4-5,7H,3H2,1H3,(H2,13,14)(H,15,18)(H,20,21,22);4-6H2,1-3H3/b16-8-;/t5-,7-;/m0./s1. The van der Waals surface area contributed by atoms with Gasteiger partial charge in [-0.15, -0.1) is 11.3 Å². The number of carbonyl (C=O) groups is 2. The minimum absolute atomic E-state index is 0.0593. The molecule has 1 aromatic rings. The zero-order valence-corrected chi connectivity index (χ0v) is 19.8. The number of rotatable bonds is 9. The number of nitrogens with zero attached hydrogens (tertiary/aromatic N) is 5. The Labute approximate surface area is 190 Å². The lowest BCUT2D eigenvalue weighted by Crippen LogP contribution is -2.71. The third-order valence-electron chi connectivity index (χ3n) is 4.48. The highest BCUT2D eigenvalue weighted by Crippen LogP contribution is 2.23. The predicted octanol–water partition coefficient (Wildman–Crippen LogP) is -0.164. The summed E-state index contributed by atoms with van der Waals surface area (Å²) in [5.41, 5.74) is 5.21. The van der Waals surface area contributed by atoms with E-state index in [-0.39, 0.29) is 20.8 Å². The molecule has 178 valence electrons. The smallest absolute Gasteiger partial charge is 0.362 e. The maximum Gasteiger partial charge on any atom is 0.362 e. The maximum absolute atomic E-state index is 12.3. The van der Waals surface area contributed by atoms with Gasteiger partial charge in [-0.3, -0.25) is 14.1 Å². The molecule has 0 unspecified atom stereocenters. The van der Waals surface area contributed by atoms with Crippen molar-refractivity contribution in [3.05, 3.63) is 11.1 Å². The van der Waals surface area contributed by atoms with Crippen LogP contribution in [0.2, 0.25) is 0 Å². The van der Waals surface area contributed by atoms with Gasteiger partial charge in [-0.1, -0.05) is 25.9 Å². The Balaban J connectivity index is 0.000000633. The molecule has 4 N–H and O–H groups in total. The van der Waals surface area contributed by atoms with Crippen LogP contribution in [0.25, 0.3) is 0 Å². The highest BCUT2D eigenvalue weighted by Gasteiger charge is 2.51. The summed E-state index contributed by atoms with van der Waals surface area (Å²) in [6.45, 7) is 11.0. The van der Waals surface area contributed by atoms with Gasteiger partial charge in [-0.25, -0.2) is 9.29 Å². The van der Waals surface area contributed by atoms with Gasteiger partial charge in [0.05, 0.1) is 6.04 Å². The molecular formula is C17H27N7O6S2. The number of β-lactam (4-membered cyclic amide) rings is 1. The fourth-order valence-electron chi connectivity index (χ4n) is 2.71. The molecule has 15 heteroatoms. The minimum atomic E-state index is -4.71. The first-order valence-corrected chi connectivity index (χ1v) is 11.9. The molecule has 1 aliphatic rings. The van der Waals surface area contributed by atoms with Crippen molar-refractivity contribution in [3.63, 3.8) is 0 Å². The molecule has 1 aromatic heterocycles. The van der Waals surface area contributed by atoms with Crippen molar-refractivity contribution < 1.29 is 27.4 Å². The summed E-state index contributed by atoms with van der Waals surface area (Å²) >= 11 is 1.03. The Hall–Kier alpha value is -2.80. The normalized spacial score (nSPS) is 18.3. The average Bonchev–Trinajstić information content (AvgIpc) is 3.16. The van der Waals surface area contributed by atoms with Crippen LogP contribution in [0.3, 0.4) is 0 Å². The average molecular weight is 490 g/mol. The largest absolute Gasteiger partial charge is 0.380 e. The zero-order valence-electron chi connectivity index (χ0n) is 18.2. The second kappa shape index (κ2) is 12.3. The molecular weight excluding hydrogens is 462 g/mol. The lowest BCUT2D eigenvalue weighted by molar-refractivity contribution is -0.143. The van der Waals surface area contributed by atoms with Gasteiger partial charge in [0.1, 0.15) is 17.8 Å². The van der Waals surface area contributed by atoms with Crippen LogP contribution in [0.1, 0.15) is 33.4 Å². The number of oxime groups is 1. The third kappa shape index (κ3) is 7.12. The Kier molecular flexibility index (Phi) is 10.5. The summed E-state index contributed by atoms with van der Waals surface area (Å²) in [6.07, 6.45) is 0. The molecule has 0 aromatic carbocycles. The highest BCUT2D eigenvalue weighted by molar-refractivity contribution is 7.84. The fourth-order valence-corrected chi connectivity index (χ4v) is 4.14. The van der Waals surface area contributed by atoms with Crippen LogP contribution in [0, 0.1) is 11.3 Å². The molecule has 2 atom stereocenters. The summed E-state index contributed by atoms with van der Waals surface area (Å²) in [6, 6.07) is -0.521. The van der Waals surface area contributed by atoms with Crippen LogP contribution >= 0.6 is 11.3 Å². The van der Waals surface area contributed by atoms with Crippen LogP contribution in [0.5, 0.6) is 0 Å². The SMILES string of the molecule is CCN(CC)CC.C[C@H]1[C@H](NC(=O)/C(=N\OCC#N)c2csc(N)n2)C(=O)N1S(=O)(=O)O. The Morgan fingerprint density at radius 3 is 2.41 bits per heavy atom. The Morgan fingerprint density at radius 2 is 2.03 bits per heavy atom. The number of amides is 2. The van der Waals surface area contributed by atoms with Crippen LogP contribution in [0.15, 0.2) is 10.5 Å². The maximum atomic E-state index is 12.3. The van der Waals surface area contributed by atoms with Gasteiger partial charge in [-0.2, -0.15) is 13.7 Å². The number of anilines is 1. The van der Waals surface area contributed by atoms with Crippen LogP contribution < -0.4 is 11.1 Å². The van der Waals surface area contributed by atoms with E-state index < -0.39 is 40.8 Å². The van der Waals surface area contributed by atoms with Crippen molar-refractivity contribution in [3.8, 4) is 6.07 Å². The second-order valence-corrected chi connectivity index (χ2v) is 8.54. The van der Waals surface area contributed by atoms with Crippen molar-refractivity contribution in [2.24, 2.45) is 5.16 Å². The van der Waals surface area contributed by atoms with Gasteiger partial charge in [0.15, 0.2) is 10.8 Å². The van der Waals surface area contributed by atoms with E-state index in [2.05, 4.69) is 46.0 Å². The van der Waals surface area contributed by atoms with E-state index in [0.717, 1.165) is 11.3 Å². The molecule has 0 aliphatic carbocycles. The topological polar surface area (TPSA) is 191 Å². The third-order valence-corrected chi connectivity index (χ3v) is 6.16. The molecule has 2 heterocycles. The summed E-state index contributed by atoms with van der Waals surface area (Å²) in [4.78, 5) is 35.0. The first-order chi connectivity index (χ1) is 15.0. The Morgan fingerprint density at radius 1 is 1.44 bits per heavy atom. The van der Waals surface area contributed by atoms with Gasteiger partial charge in [-0.05, 0) is 26.6 Å². The minimum Gasteiger partial charge on any atom is -0.380 e. The van der Waals surface area contributed by atoms with E-state index in [4.69, 9.17) is 15.5 Å². The van der Waals surface area contributed by atoms with Crippen molar-refractivity contribution in [2.45, 2.75) is 39.8 Å². The van der Waals surface area contributed by atoms with Gasteiger partial charge in [0.25, 0.3) is 11.8 Å². The van der Waals surface area contributed by atoms with E-state index in [9.17, 15) is 18.0 Å². The Bertz CT molecular complexity index is 963. The molecule has 2 amide bonds. The molecule has 2 rings (SSSR count). The van der Waals surface area contributed by atoms with Gasteiger partial charge in [0, 0.05) is 5.38 Å². The van der Waals surface area contributed by atoms with E-state index in [1.165, 1.54) is 31.9 Å². The van der Waals surface area contributed by atoms with E-state index in [1.54, 1.807) is 6.07 Å². The van der Waals surface area contributed by atoms with Crippen LogP contribution in [0.4, 0.5) is 5.13 Å². The van der Waals surface area contributed by atoms with Crippen molar-refractivity contribution in [1.29, 1.82) is 5.26 Å². The number of nitrogens with one attached hydrogen (secondary N) is 1. The van der Waals surface area contributed by atoms with E-state index >= 15 is 0 Å². The quantitative estimate of drug-likeness (QED) is 0.138. The number of nitriles is 1. The van der Waals surface area contributed by atoms with E-state index in [0.29, 0.717) is 0 Å². The molecule has 1 saturated heterocycles. The monoisotopic (exact) mass is 489 g/mol. The number of hydrogen-bond acceptors (Lipinski definition) is 11. The number of thiazole rings is 1. The number of carbonyl (C=O) groups excluding carboxylic acids is 2. The lowest BCUT2D eigenvalue weighted by Gasteiger charge is -2.42. The summed E-state index contributed by atoms with van der Waals surface area (Å²) in [7, 11) is -4.71. The van der Waals surface area contributed by atoms with Crippen molar-refractivity contribution in [2.75, 3.05) is 32.0 Å². The predicted molar refractivity (Wildman–Crippen MR) is 118 cm³/mol. The fraction of sp³-hybridized carbons (Fsp3) is 0.588. The first kappa shape index (κ1) is 27.2. The number of aromatic nitrogens is 1. The molecule has 1 fully saturated rings. The van der Waals surface area contributed by atoms with Crippen LogP contribution in [-0.4, -0.2) is 83.0 Å². The first-order valence-electron chi connectivity index (χ1n) is 9.63. The number of nitrogen functional groups attached to an aromatic ring is 1. The molecule has 0 saturated carbocycles. The molecule has 0 bridgehead atoms. The summed E-state index contributed by atoms with van der Waals surface area (Å²) in [5, 5.41) is 15.8. The lowest BCUT2D eigenvalue weighted by atomic mass is 10.0. The highest BCUT2D eigenvalue weighted by atomic mass is 32.2. The summed E-state index contributed by atoms with van der Waals surface area (Å²) in [5.74, 6) is -1.89. The van der Waals surface area contributed by atoms with Crippen LogP contribution in [-0.2, 0) is 24.7 Å². The molecule has 0 spiro atoms. The van der Waals surface area contributed by atoms with E-state index in [1.807, 2.05) is 0 Å². The van der Waals surface area contributed by atoms with Crippen molar-refractivity contribution >= 4 is 44.3 Å². The zero-order chi connectivity index (χ0) is 24.5. The van der Waals surface area contributed by atoms with Crippen molar-refractivity contribution in [1.82, 2.24) is 19.5 Å². The number of nitrogens with two attached hydrogens (primary N) is 1. The van der Waals surface area contributed by atoms with Gasteiger partial charge < -0.3 is 20.8 Å². The van der Waals surface area contributed by atoms with Gasteiger partial charge in [0.2, 0.25) is 6.61 Å².